The molecule has 2 aromatic heterocycles. The number of benzene rings is 2. The van der Waals surface area contributed by atoms with Gasteiger partial charge in [-0.1, -0.05) is 18.2 Å². The summed E-state index contributed by atoms with van der Waals surface area (Å²) in [5.74, 6) is -2.46. The van der Waals surface area contributed by atoms with Gasteiger partial charge >= 0.3 is 0 Å². The third-order valence-electron chi connectivity index (χ3n) is 5.67. The van der Waals surface area contributed by atoms with E-state index >= 15 is 0 Å². The van der Waals surface area contributed by atoms with Crippen molar-refractivity contribution in [2.75, 3.05) is 13.7 Å². The van der Waals surface area contributed by atoms with Gasteiger partial charge in [-0.05, 0) is 29.7 Å². The molecule has 0 fully saturated rings. The van der Waals surface area contributed by atoms with E-state index in [1.165, 1.54) is 11.1 Å². The highest BCUT2D eigenvalue weighted by molar-refractivity contribution is 5.98. The summed E-state index contributed by atoms with van der Waals surface area (Å²) < 4.78 is 33.4. The van der Waals surface area contributed by atoms with Crippen LogP contribution in [0.1, 0.15) is 27.7 Å². The molecule has 5 rings (SSSR count). The minimum atomic E-state index is -1.10. The number of fused-ring (bicyclic) bond motifs is 4. The lowest BCUT2D eigenvalue weighted by molar-refractivity contribution is 0.0335. The maximum absolute atomic E-state index is 14.0. The van der Waals surface area contributed by atoms with Crippen molar-refractivity contribution < 1.29 is 18.3 Å². The van der Waals surface area contributed by atoms with Crippen molar-refractivity contribution in [1.29, 1.82) is 0 Å². The van der Waals surface area contributed by atoms with Gasteiger partial charge in [0, 0.05) is 29.9 Å². The molecule has 3 heterocycles. The van der Waals surface area contributed by atoms with Crippen LogP contribution in [0, 0.1) is 11.6 Å². The van der Waals surface area contributed by atoms with Gasteiger partial charge in [-0.25, -0.2) is 8.78 Å². The van der Waals surface area contributed by atoms with Gasteiger partial charge in [-0.3, -0.25) is 14.6 Å². The van der Waals surface area contributed by atoms with Crippen molar-refractivity contribution in [2.45, 2.75) is 12.6 Å². The van der Waals surface area contributed by atoms with Crippen LogP contribution < -0.4 is 5.56 Å². The third-order valence-corrected chi connectivity index (χ3v) is 5.67. The standard InChI is InChI=1S/C23H17F2N3O3/c1-28(23(30)13-6-12-4-2-3-5-18(12)26-9-13)20-11-31-10-19-21(20)14-7-16(24)17(25)8-15(14)22(29)27-19/h2-9,20H,10-11H2,1H3,(H,27,29)/t20-/m1/s1. The molecular formula is C23H17F2N3O3. The lowest BCUT2D eigenvalue weighted by Gasteiger charge is -2.33. The number of carbonyl (C=O) groups excluding carboxylic acids is 1. The third kappa shape index (κ3) is 3.16. The SMILES string of the molecule is CN(C(=O)c1cnc2ccccc2c1)[C@@H]1COCc2[nH]c(=O)c3cc(F)c(F)cc3c21. The molecule has 0 bridgehead atoms. The van der Waals surface area contributed by atoms with Crippen LogP contribution in [0.4, 0.5) is 8.78 Å². The summed E-state index contributed by atoms with van der Waals surface area (Å²) in [6.45, 7) is 0.256. The molecule has 1 N–H and O–H groups in total. The summed E-state index contributed by atoms with van der Waals surface area (Å²) in [4.78, 5) is 34.1. The van der Waals surface area contributed by atoms with Gasteiger partial charge in [-0.15, -0.1) is 0 Å². The highest BCUT2D eigenvalue weighted by Crippen LogP contribution is 2.34. The molecule has 8 heteroatoms. The molecule has 0 unspecified atom stereocenters. The van der Waals surface area contributed by atoms with E-state index in [-0.39, 0.29) is 29.9 Å². The van der Waals surface area contributed by atoms with Gasteiger partial charge in [-0.2, -0.15) is 0 Å². The summed E-state index contributed by atoms with van der Waals surface area (Å²) in [7, 11) is 1.61. The van der Waals surface area contributed by atoms with E-state index in [2.05, 4.69) is 9.97 Å². The number of nitrogens with zero attached hydrogens (tertiary/aromatic N) is 2. The minimum absolute atomic E-state index is 0.0257. The van der Waals surface area contributed by atoms with E-state index in [4.69, 9.17) is 4.74 Å². The fraction of sp³-hybridized carbons (Fsp3) is 0.174. The first-order valence-corrected chi connectivity index (χ1v) is 9.67. The van der Waals surface area contributed by atoms with E-state index in [0.29, 0.717) is 16.8 Å². The van der Waals surface area contributed by atoms with Crippen LogP contribution >= 0.6 is 0 Å². The molecule has 0 spiro atoms. The Labute approximate surface area is 175 Å². The molecule has 0 aliphatic carbocycles. The number of likely N-dealkylation sites (N-methyl/N-ethyl adjacent to an activating group) is 1. The molecule has 0 radical (unpaired) electrons. The molecule has 1 aliphatic rings. The van der Waals surface area contributed by atoms with Gasteiger partial charge in [0.05, 0.1) is 35.7 Å². The number of aromatic nitrogens is 2. The maximum atomic E-state index is 14.0. The highest BCUT2D eigenvalue weighted by atomic mass is 19.2. The number of ether oxygens (including phenoxy) is 1. The van der Waals surface area contributed by atoms with Crippen LogP contribution in [0.5, 0.6) is 0 Å². The average Bonchev–Trinajstić information content (AvgIpc) is 2.78. The summed E-state index contributed by atoms with van der Waals surface area (Å²) >= 11 is 0. The molecular weight excluding hydrogens is 404 g/mol. The number of hydrogen-bond donors (Lipinski definition) is 1. The topological polar surface area (TPSA) is 75.3 Å². The first-order chi connectivity index (χ1) is 14.9. The Hall–Kier alpha value is -3.65. The van der Waals surface area contributed by atoms with E-state index in [9.17, 15) is 18.4 Å². The summed E-state index contributed by atoms with van der Waals surface area (Å²) in [5, 5.41) is 1.12. The van der Waals surface area contributed by atoms with E-state index < -0.39 is 23.2 Å². The number of aromatic amines is 1. The number of nitrogens with one attached hydrogen (secondary N) is 1. The van der Waals surface area contributed by atoms with Crippen molar-refractivity contribution in [1.82, 2.24) is 14.9 Å². The Bertz CT molecular complexity index is 1420. The number of amides is 1. The van der Waals surface area contributed by atoms with Gasteiger partial charge in [0.15, 0.2) is 11.6 Å². The van der Waals surface area contributed by atoms with Crippen LogP contribution in [0.25, 0.3) is 21.7 Å². The number of hydrogen-bond acceptors (Lipinski definition) is 4. The van der Waals surface area contributed by atoms with Crippen molar-refractivity contribution in [2.24, 2.45) is 0 Å². The molecule has 31 heavy (non-hydrogen) atoms. The van der Waals surface area contributed by atoms with Crippen LogP contribution in [0.15, 0.2) is 53.5 Å². The van der Waals surface area contributed by atoms with Crippen molar-refractivity contribution >= 4 is 27.6 Å². The molecule has 0 saturated heterocycles. The monoisotopic (exact) mass is 421 g/mol. The second kappa shape index (κ2) is 7.24. The molecule has 2 aromatic carbocycles. The van der Waals surface area contributed by atoms with Crippen LogP contribution in [-0.2, 0) is 11.3 Å². The number of rotatable bonds is 2. The maximum Gasteiger partial charge on any atom is 0.256 e. The van der Waals surface area contributed by atoms with Gasteiger partial charge < -0.3 is 14.6 Å². The molecule has 1 aliphatic heterocycles. The number of carbonyl (C=O) groups is 1. The van der Waals surface area contributed by atoms with E-state index in [0.717, 1.165) is 23.0 Å². The van der Waals surface area contributed by atoms with Crippen LogP contribution in [0.2, 0.25) is 0 Å². The fourth-order valence-corrected chi connectivity index (χ4v) is 4.08. The minimum Gasteiger partial charge on any atom is -0.373 e. The molecule has 4 aromatic rings. The second-order valence-electron chi connectivity index (χ2n) is 7.52. The molecule has 156 valence electrons. The lowest BCUT2D eigenvalue weighted by Crippen LogP contribution is -2.37. The first-order valence-electron chi connectivity index (χ1n) is 9.67. The van der Waals surface area contributed by atoms with Crippen LogP contribution in [-0.4, -0.2) is 34.4 Å². The van der Waals surface area contributed by atoms with Crippen molar-refractivity contribution in [3.05, 3.63) is 87.5 Å². The Balaban J connectivity index is 1.61. The normalized spacial score (nSPS) is 15.8. The highest BCUT2D eigenvalue weighted by Gasteiger charge is 2.31. The molecule has 1 atom stereocenters. The zero-order chi connectivity index (χ0) is 21.7. The second-order valence-corrected chi connectivity index (χ2v) is 7.52. The lowest BCUT2D eigenvalue weighted by atomic mass is 9.95. The zero-order valence-electron chi connectivity index (χ0n) is 16.5. The summed E-state index contributed by atoms with van der Waals surface area (Å²) in [5.41, 5.74) is 1.61. The Morgan fingerprint density at radius 1 is 1.16 bits per heavy atom. The molecule has 0 saturated carbocycles. The Morgan fingerprint density at radius 2 is 1.90 bits per heavy atom. The number of H-pyrrole nitrogens is 1. The van der Waals surface area contributed by atoms with Gasteiger partial charge in [0.2, 0.25) is 0 Å². The number of para-hydroxylation sites is 1. The van der Waals surface area contributed by atoms with E-state index in [1.807, 2.05) is 24.3 Å². The zero-order valence-corrected chi connectivity index (χ0v) is 16.5. The number of pyridine rings is 2. The first kappa shape index (κ1) is 19.3. The predicted octanol–water partition coefficient (Wildman–Crippen LogP) is 3.70. The quantitative estimate of drug-likeness (QED) is 0.536. The van der Waals surface area contributed by atoms with Crippen molar-refractivity contribution in [3.8, 4) is 0 Å². The summed E-state index contributed by atoms with van der Waals surface area (Å²) in [6.07, 6.45) is 1.51. The average molecular weight is 421 g/mol. The predicted molar refractivity (Wildman–Crippen MR) is 111 cm³/mol. The van der Waals surface area contributed by atoms with Gasteiger partial charge in [0.25, 0.3) is 11.5 Å². The molecule has 6 nitrogen and oxygen atoms in total. The smallest absolute Gasteiger partial charge is 0.256 e. The Morgan fingerprint density at radius 3 is 2.71 bits per heavy atom. The number of halogens is 2. The van der Waals surface area contributed by atoms with E-state index in [1.54, 1.807) is 13.1 Å². The largest absolute Gasteiger partial charge is 0.373 e. The summed E-state index contributed by atoms with van der Waals surface area (Å²) in [6, 6.07) is 10.5. The van der Waals surface area contributed by atoms with Gasteiger partial charge in [0.1, 0.15) is 0 Å². The molecule has 1 amide bonds. The van der Waals surface area contributed by atoms with Crippen LogP contribution in [0.3, 0.4) is 0 Å². The fourth-order valence-electron chi connectivity index (χ4n) is 4.08. The van der Waals surface area contributed by atoms with Crippen molar-refractivity contribution in [3.63, 3.8) is 0 Å². The Kier molecular flexibility index (Phi) is 4.51.